The molecule has 0 saturated heterocycles. The first-order chi connectivity index (χ1) is 8.22. The standard InChI is InChI=1S/C12H10ClN3O/c1-14-11-3-2-9(13)6-10(11)12(17)8-4-5-15-16-7-8/h2-7,14H,1H3. The summed E-state index contributed by atoms with van der Waals surface area (Å²) >= 11 is 5.90. The smallest absolute Gasteiger partial charge is 0.196 e. The van der Waals surface area contributed by atoms with Gasteiger partial charge < -0.3 is 5.32 Å². The van der Waals surface area contributed by atoms with Crippen molar-refractivity contribution in [2.24, 2.45) is 0 Å². The molecule has 2 rings (SSSR count). The average molecular weight is 248 g/mol. The molecule has 0 spiro atoms. The van der Waals surface area contributed by atoms with Gasteiger partial charge in [-0.3, -0.25) is 4.79 Å². The Labute approximate surface area is 104 Å². The molecule has 0 aliphatic rings. The fourth-order valence-corrected chi connectivity index (χ4v) is 1.67. The summed E-state index contributed by atoms with van der Waals surface area (Å²) in [5.74, 6) is -0.133. The van der Waals surface area contributed by atoms with Crippen LogP contribution in [-0.4, -0.2) is 23.0 Å². The molecule has 0 saturated carbocycles. The van der Waals surface area contributed by atoms with Crippen molar-refractivity contribution in [1.29, 1.82) is 0 Å². The lowest BCUT2D eigenvalue weighted by Gasteiger charge is -2.08. The number of nitrogens with one attached hydrogen (secondary N) is 1. The van der Waals surface area contributed by atoms with Crippen LogP contribution in [0.25, 0.3) is 0 Å². The molecule has 1 aromatic carbocycles. The Morgan fingerprint density at radius 1 is 1.29 bits per heavy atom. The zero-order valence-corrected chi connectivity index (χ0v) is 9.90. The minimum absolute atomic E-state index is 0.133. The molecule has 0 bridgehead atoms. The third-order valence-corrected chi connectivity index (χ3v) is 2.58. The van der Waals surface area contributed by atoms with Crippen molar-refractivity contribution in [2.45, 2.75) is 0 Å². The van der Waals surface area contributed by atoms with Gasteiger partial charge in [0.1, 0.15) is 0 Å². The third-order valence-electron chi connectivity index (χ3n) is 2.34. The highest BCUT2D eigenvalue weighted by Crippen LogP contribution is 2.22. The fraction of sp³-hybridized carbons (Fsp3) is 0.0833. The molecule has 1 aromatic heterocycles. The van der Waals surface area contributed by atoms with Crippen LogP contribution >= 0.6 is 11.6 Å². The first kappa shape index (κ1) is 11.5. The summed E-state index contributed by atoms with van der Waals surface area (Å²) < 4.78 is 0. The third kappa shape index (κ3) is 2.42. The first-order valence-electron chi connectivity index (χ1n) is 5.01. The Bertz CT molecular complexity index is 543. The van der Waals surface area contributed by atoms with Gasteiger partial charge in [0.05, 0.1) is 12.4 Å². The molecular weight excluding hydrogens is 238 g/mol. The fourth-order valence-electron chi connectivity index (χ4n) is 1.50. The summed E-state index contributed by atoms with van der Waals surface area (Å²) in [6, 6.07) is 6.75. The number of carbonyl (C=O) groups excluding carboxylic acids is 1. The number of ketones is 1. The van der Waals surface area contributed by atoms with Gasteiger partial charge in [0.15, 0.2) is 5.78 Å². The summed E-state index contributed by atoms with van der Waals surface area (Å²) in [5, 5.41) is 10.8. The molecule has 1 N–H and O–H groups in total. The maximum Gasteiger partial charge on any atom is 0.196 e. The Morgan fingerprint density at radius 2 is 2.12 bits per heavy atom. The molecule has 17 heavy (non-hydrogen) atoms. The van der Waals surface area contributed by atoms with Crippen molar-refractivity contribution in [3.63, 3.8) is 0 Å². The minimum Gasteiger partial charge on any atom is -0.388 e. The van der Waals surface area contributed by atoms with E-state index in [1.807, 2.05) is 0 Å². The van der Waals surface area contributed by atoms with Crippen LogP contribution in [0.3, 0.4) is 0 Å². The van der Waals surface area contributed by atoms with Crippen LogP contribution in [0, 0.1) is 0 Å². The van der Waals surface area contributed by atoms with E-state index in [9.17, 15) is 4.79 Å². The van der Waals surface area contributed by atoms with Crippen LogP contribution in [0.5, 0.6) is 0 Å². The zero-order chi connectivity index (χ0) is 12.3. The number of anilines is 1. The zero-order valence-electron chi connectivity index (χ0n) is 9.14. The lowest BCUT2D eigenvalue weighted by atomic mass is 10.0. The molecule has 0 unspecified atom stereocenters. The van der Waals surface area contributed by atoms with Gasteiger partial charge in [0, 0.05) is 28.9 Å². The van der Waals surface area contributed by atoms with Crippen LogP contribution in [0.4, 0.5) is 5.69 Å². The number of carbonyl (C=O) groups is 1. The van der Waals surface area contributed by atoms with Crippen molar-refractivity contribution in [2.75, 3.05) is 12.4 Å². The molecule has 0 fully saturated rings. The highest BCUT2D eigenvalue weighted by atomic mass is 35.5. The quantitative estimate of drug-likeness (QED) is 0.847. The first-order valence-corrected chi connectivity index (χ1v) is 5.39. The van der Waals surface area contributed by atoms with E-state index in [4.69, 9.17) is 11.6 Å². The van der Waals surface area contributed by atoms with Gasteiger partial charge in [-0.25, -0.2) is 0 Å². The molecular formula is C12H10ClN3O. The van der Waals surface area contributed by atoms with Gasteiger partial charge >= 0.3 is 0 Å². The van der Waals surface area contributed by atoms with Gasteiger partial charge in [-0.1, -0.05) is 11.6 Å². The normalized spacial score (nSPS) is 10.0. The van der Waals surface area contributed by atoms with Crippen LogP contribution < -0.4 is 5.32 Å². The van der Waals surface area contributed by atoms with E-state index in [0.29, 0.717) is 16.1 Å². The molecule has 0 amide bonds. The number of halogens is 1. The number of nitrogens with zero attached hydrogens (tertiary/aromatic N) is 2. The summed E-state index contributed by atoms with van der Waals surface area (Å²) in [6.45, 7) is 0. The molecule has 2 aromatic rings. The summed E-state index contributed by atoms with van der Waals surface area (Å²) in [4.78, 5) is 12.2. The van der Waals surface area contributed by atoms with E-state index in [1.54, 1.807) is 31.3 Å². The second-order valence-corrected chi connectivity index (χ2v) is 3.84. The van der Waals surface area contributed by atoms with Crippen molar-refractivity contribution in [3.8, 4) is 0 Å². The molecule has 4 nitrogen and oxygen atoms in total. The number of hydrogen-bond acceptors (Lipinski definition) is 4. The van der Waals surface area contributed by atoms with E-state index in [0.717, 1.165) is 5.69 Å². The SMILES string of the molecule is CNc1ccc(Cl)cc1C(=O)c1ccnnc1. The van der Waals surface area contributed by atoms with E-state index in [2.05, 4.69) is 15.5 Å². The van der Waals surface area contributed by atoms with Crippen molar-refractivity contribution < 1.29 is 4.79 Å². The van der Waals surface area contributed by atoms with Gasteiger partial charge in [-0.15, -0.1) is 0 Å². The topological polar surface area (TPSA) is 54.9 Å². The van der Waals surface area contributed by atoms with E-state index in [-0.39, 0.29) is 5.78 Å². The van der Waals surface area contributed by atoms with Gasteiger partial charge in [0.2, 0.25) is 0 Å². The Balaban J connectivity index is 2.47. The molecule has 0 aliphatic heterocycles. The second-order valence-electron chi connectivity index (χ2n) is 3.40. The van der Waals surface area contributed by atoms with Gasteiger partial charge in [-0.05, 0) is 24.3 Å². The Hall–Kier alpha value is -1.94. The highest BCUT2D eigenvalue weighted by molar-refractivity contribution is 6.31. The van der Waals surface area contributed by atoms with Crippen molar-refractivity contribution >= 4 is 23.1 Å². The molecule has 0 aliphatic carbocycles. The van der Waals surface area contributed by atoms with Crippen LogP contribution in [0.15, 0.2) is 36.7 Å². The van der Waals surface area contributed by atoms with Crippen LogP contribution in [-0.2, 0) is 0 Å². The summed E-state index contributed by atoms with van der Waals surface area (Å²) in [7, 11) is 1.75. The number of hydrogen-bond donors (Lipinski definition) is 1. The molecule has 1 heterocycles. The molecule has 0 atom stereocenters. The van der Waals surface area contributed by atoms with Crippen molar-refractivity contribution in [3.05, 3.63) is 52.8 Å². The lowest BCUT2D eigenvalue weighted by molar-refractivity contribution is 0.103. The second kappa shape index (κ2) is 4.93. The maximum atomic E-state index is 12.2. The maximum absolute atomic E-state index is 12.2. The number of rotatable bonds is 3. The van der Waals surface area contributed by atoms with E-state index in [1.165, 1.54) is 12.4 Å². The monoisotopic (exact) mass is 247 g/mol. The summed E-state index contributed by atoms with van der Waals surface area (Å²) in [6.07, 6.45) is 2.92. The number of benzene rings is 1. The van der Waals surface area contributed by atoms with E-state index < -0.39 is 0 Å². The summed E-state index contributed by atoms with van der Waals surface area (Å²) in [5.41, 5.74) is 1.74. The lowest BCUT2D eigenvalue weighted by Crippen LogP contribution is -2.06. The predicted octanol–water partition coefficient (Wildman–Crippen LogP) is 2.40. The average Bonchev–Trinajstić information content (AvgIpc) is 2.39. The number of aromatic nitrogens is 2. The Morgan fingerprint density at radius 3 is 2.76 bits per heavy atom. The van der Waals surface area contributed by atoms with Gasteiger partial charge in [-0.2, -0.15) is 10.2 Å². The Kier molecular flexibility index (Phi) is 3.35. The molecule has 86 valence electrons. The van der Waals surface area contributed by atoms with Gasteiger partial charge in [0.25, 0.3) is 0 Å². The van der Waals surface area contributed by atoms with Crippen LogP contribution in [0.1, 0.15) is 15.9 Å². The highest BCUT2D eigenvalue weighted by Gasteiger charge is 2.13. The van der Waals surface area contributed by atoms with Crippen molar-refractivity contribution in [1.82, 2.24) is 10.2 Å². The predicted molar refractivity (Wildman–Crippen MR) is 66.5 cm³/mol. The van der Waals surface area contributed by atoms with E-state index >= 15 is 0 Å². The van der Waals surface area contributed by atoms with Crippen LogP contribution in [0.2, 0.25) is 5.02 Å². The minimum atomic E-state index is -0.133. The molecule has 0 radical (unpaired) electrons. The molecule has 5 heteroatoms. The largest absolute Gasteiger partial charge is 0.388 e.